The van der Waals surface area contributed by atoms with Crippen LogP contribution in [0.2, 0.25) is 5.02 Å². The number of anilines is 1. The molecule has 0 bridgehead atoms. The van der Waals surface area contributed by atoms with Gasteiger partial charge in [-0.05, 0) is 37.5 Å². The number of rotatable bonds is 4. The quantitative estimate of drug-likeness (QED) is 0.821. The van der Waals surface area contributed by atoms with Gasteiger partial charge in [0.1, 0.15) is 0 Å². The second kappa shape index (κ2) is 6.03. The predicted octanol–water partition coefficient (Wildman–Crippen LogP) is 2.90. The maximum absolute atomic E-state index is 11.8. The Morgan fingerprint density at radius 1 is 1.39 bits per heavy atom. The molecule has 0 unspecified atom stereocenters. The summed E-state index contributed by atoms with van der Waals surface area (Å²) in [4.78, 5) is 11.8. The van der Waals surface area contributed by atoms with Crippen LogP contribution in [0.25, 0.3) is 0 Å². The molecule has 0 radical (unpaired) electrons. The number of benzene rings is 1. The molecule has 1 aromatic carbocycles. The standard InChI is InChI=1S/C14H17ClN2O/c1-10-6-7-11(15)8-13(10)17-14(18)9-16-12-4-2-3-5-12/h2-3,6-8,12,16H,4-5,9H2,1H3,(H,17,18). The van der Waals surface area contributed by atoms with Crippen molar-refractivity contribution in [3.05, 3.63) is 40.9 Å². The fourth-order valence-corrected chi connectivity index (χ4v) is 2.12. The van der Waals surface area contributed by atoms with E-state index in [1.807, 2.05) is 19.1 Å². The highest BCUT2D eigenvalue weighted by atomic mass is 35.5. The normalized spacial score (nSPS) is 15.0. The largest absolute Gasteiger partial charge is 0.325 e. The smallest absolute Gasteiger partial charge is 0.238 e. The van der Waals surface area contributed by atoms with E-state index in [1.54, 1.807) is 6.07 Å². The van der Waals surface area contributed by atoms with Crippen molar-refractivity contribution in [1.82, 2.24) is 5.32 Å². The van der Waals surface area contributed by atoms with Crippen LogP contribution < -0.4 is 10.6 Å². The van der Waals surface area contributed by atoms with Crippen molar-refractivity contribution in [3.63, 3.8) is 0 Å². The van der Waals surface area contributed by atoms with E-state index in [2.05, 4.69) is 22.8 Å². The molecule has 0 fully saturated rings. The van der Waals surface area contributed by atoms with E-state index in [-0.39, 0.29) is 5.91 Å². The molecular formula is C14H17ClN2O. The number of carbonyl (C=O) groups excluding carboxylic acids is 1. The fraction of sp³-hybridized carbons (Fsp3) is 0.357. The lowest BCUT2D eigenvalue weighted by molar-refractivity contribution is -0.115. The van der Waals surface area contributed by atoms with E-state index in [0.29, 0.717) is 17.6 Å². The van der Waals surface area contributed by atoms with Gasteiger partial charge in [-0.3, -0.25) is 4.79 Å². The molecular weight excluding hydrogens is 248 g/mol. The summed E-state index contributed by atoms with van der Waals surface area (Å²) in [5.74, 6) is -0.0349. The van der Waals surface area contributed by atoms with Crippen molar-refractivity contribution in [3.8, 4) is 0 Å². The maximum Gasteiger partial charge on any atom is 0.238 e. The zero-order valence-electron chi connectivity index (χ0n) is 10.4. The van der Waals surface area contributed by atoms with Gasteiger partial charge in [0.25, 0.3) is 0 Å². The summed E-state index contributed by atoms with van der Waals surface area (Å²) < 4.78 is 0. The molecule has 2 rings (SSSR count). The summed E-state index contributed by atoms with van der Waals surface area (Å²) in [5, 5.41) is 6.73. The second-order valence-electron chi connectivity index (χ2n) is 4.53. The first-order chi connectivity index (χ1) is 8.65. The van der Waals surface area contributed by atoms with Gasteiger partial charge in [0.2, 0.25) is 5.91 Å². The number of aryl methyl sites for hydroxylation is 1. The van der Waals surface area contributed by atoms with Crippen molar-refractivity contribution in [1.29, 1.82) is 0 Å². The van der Waals surface area contributed by atoms with Crippen molar-refractivity contribution in [2.45, 2.75) is 25.8 Å². The van der Waals surface area contributed by atoms with Gasteiger partial charge >= 0.3 is 0 Å². The highest BCUT2D eigenvalue weighted by molar-refractivity contribution is 6.31. The SMILES string of the molecule is Cc1ccc(Cl)cc1NC(=O)CNC1CC=CC1. The number of carbonyl (C=O) groups is 1. The molecule has 1 aromatic rings. The first-order valence-corrected chi connectivity index (χ1v) is 6.47. The van der Waals surface area contributed by atoms with E-state index < -0.39 is 0 Å². The summed E-state index contributed by atoms with van der Waals surface area (Å²) in [7, 11) is 0. The molecule has 0 heterocycles. The van der Waals surface area contributed by atoms with Crippen LogP contribution in [0.15, 0.2) is 30.4 Å². The summed E-state index contributed by atoms with van der Waals surface area (Å²) in [5.41, 5.74) is 1.79. The average Bonchev–Trinajstić information content (AvgIpc) is 2.84. The van der Waals surface area contributed by atoms with E-state index >= 15 is 0 Å². The number of halogens is 1. The third kappa shape index (κ3) is 3.59. The Morgan fingerprint density at radius 2 is 2.11 bits per heavy atom. The zero-order chi connectivity index (χ0) is 13.0. The van der Waals surface area contributed by atoms with Crippen LogP contribution in [-0.2, 0) is 4.79 Å². The van der Waals surface area contributed by atoms with E-state index in [1.165, 1.54) is 0 Å². The Kier molecular flexibility index (Phi) is 4.39. The van der Waals surface area contributed by atoms with Crippen LogP contribution >= 0.6 is 11.6 Å². The number of hydrogen-bond acceptors (Lipinski definition) is 2. The molecule has 1 aliphatic rings. The Morgan fingerprint density at radius 3 is 2.83 bits per heavy atom. The van der Waals surface area contributed by atoms with Crippen molar-refractivity contribution >= 4 is 23.2 Å². The molecule has 0 saturated heterocycles. The highest BCUT2D eigenvalue weighted by Gasteiger charge is 2.11. The molecule has 0 aromatic heterocycles. The molecule has 3 nitrogen and oxygen atoms in total. The van der Waals surface area contributed by atoms with Crippen LogP contribution in [-0.4, -0.2) is 18.5 Å². The molecule has 4 heteroatoms. The molecule has 96 valence electrons. The second-order valence-corrected chi connectivity index (χ2v) is 4.96. The Balaban J connectivity index is 1.84. The minimum absolute atomic E-state index is 0.0349. The van der Waals surface area contributed by atoms with Crippen molar-refractivity contribution < 1.29 is 4.79 Å². The highest BCUT2D eigenvalue weighted by Crippen LogP contribution is 2.19. The number of hydrogen-bond donors (Lipinski definition) is 2. The van der Waals surface area contributed by atoms with Crippen LogP contribution in [0, 0.1) is 6.92 Å². The van der Waals surface area contributed by atoms with Crippen LogP contribution in [0.5, 0.6) is 0 Å². The minimum Gasteiger partial charge on any atom is -0.325 e. The molecule has 0 saturated carbocycles. The monoisotopic (exact) mass is 264 g/mol. The first kappa shape index (κ1) is 13.1. The molecule has 0 spiro atoms. The van der Waals surface area contributed by atoms with Crippen molar-refractivity contribution in [2.24, 2.45) is 0 Å². The van der Waals surface area contributed by atoms with E-state index in [4.69, 9.17) is 11.6 Å². The molecule has 1 amide bonds. The Bertz CT molecular complexity index is 463. The van der Waals surface area contributed by atoms with Gasteiger partial charge in [-0.25, -0.2) is 0 Å². The van der Waals surface area contributed by atoms with Gasteiger partial charge in [-0.2, -0.15) is 0 Å². The van der Waals surface area contributed by atoms with Gasteiger partial charge in [-0.15, -0.1) is 0 Å². The molecule has 0 atom stereocenters. The van der Waals surface area contributed by atoms with Gasteiger partial charge in [0.15, 0.2) is 0 Å². The molecule has 18 heavy (non-hydrogen) atoms. The van der Waals surface area contributed by atoms with Gasteiger partial charge in [0, 0.05) is 16.8 Å². The predicted molar refractivity (Wildman–Crippen MR) is 75.0 cm³/mol. The van der Waals surface area contributed by atoms with Gasteiger partial charge in [-0.1, -0.05) is 29.8 Å². The van der Waals surface area contributed by atoms with E-state index in [9.17, 15) is 4.79 Å². The van der Waals surface area contributed by atoms with Gasteiger partial charge < -0.3 is 10.6 Å². The fourth-order valence-electron chi connectivity index (χ4n) is 1.94. The van der Waals surface area contributed by atoms with Gasteiger partial charge in [0.05, 0.1) is 6.54 Å². The lowest BCUT2D eigenvalue weighted by atomic mass is 10.2. The molecule has 1 aliphatic carbocycles. The van der Waals surface area contributed by atoms with Crippen LogP contribution in [0.3, 0.4) is 0 Å². The van der Waals surface area contributed by atoms with Crippen LogP contribution in [0.1, 0.15) is 18.4 Å². The minimum atomic E-state index is -0.0349. The topological polar surface area (TPSA) is 41.1 Å². The van der Waals surface area contributed by atoms with Crippen molar-refractivity contribution in [2.75, 3.05) is 11.9 Å². The average molecular weight is 265 g/mol. The molecule has 2 N–H and O–H groups in total. The third-order valence-corrected chi connectivity index (χ3v) is 3.27. The molecule has 0 aliphatic heterocycles. The number of amides is 1. The zero-order valence-corrected chi connectivity index (χ0v) is 11.1. The summed E-state index contributed by atoms with van der Waals surface area (Å²) in [6.45, 7) is 2.28. The number of nitrogens with one attached hydrogen (secondary N) is 2. The first-order valence-electron chi connectivity index (χ1n) is 6.09. The Hall–Kier alpha value is -1.32. The summed E-state index contributed by atoms with van der Waals surface area (Å²) in [6, 6.07) is 5.88. The Labute approximate surface area is 112 Å². The lowest BCUT2D eigenvalue weighted by Gasteiger charge is -2.13. The maximum atomic E-state index is 11.8. The van der Waals surface area contributed by atoms with E-state index in [0.717, 1.165) is 24.1 Å². The van der Waals surface area contributed by atoms with Crippen LogP contribution in [0.4, 0.5) is 5.69 Å². The third-order valence-electron chi connectivity index (χ3n) is 3.03. The summed E-state index contributed by atoms with van der Waals surface area (Å²) >= 11 is 5.91. The summed E-state index contributed by atoms with van der Waals surface area (Å²) in [6.07, 6.45) is 6.28. The lowest BCUT2D eigenvalue weighted by Crippen LogP contribution is -2.34.